The zero-order chi connectivity index (χ0) is 10.7. The second-order valence-electron chi connectivity index (χ2n) is 4.76. The molecule has 1 N–H and O–H groups in total. The number of hydrogen-bond acceptors (Lipinski definition) is 1. The van der Waals surface area contributed by atoms with Crippen molar-refractivity contribution in [2.75, 3.05) is 0 Å². The van der Waals surface area contributed by atoms with Gasteiger partial charge in [0.1, 0.15) is 0 Å². The summed E-state index contributed by atoms with van der Waals surface area (Å²) in [6, 6.07) is 8.28. The van der Waals surface area contributed by atoms with E-state index in [1.165, 1.54) is 37.7 Å². The van der Waals surface area contributed by atoms with Crippen molar-refractivity contribution in [1.82, 2.24) is 0 Å². The second-order valence-corrected chi connectivity index (χ2v) is 4.76. The first-order valence-corrected chi connectivity index (χ1v) is 6.02. The fourth-order valence-corrected chi connectivity index (χ4v) is 2.58. The first-order valence-electron chi connectivity index (χ1n) is 6.02. The number of rotatable bonds is 2. The summed E-state index contributed by atoms with van der Waals surface area (Å²) >= 11 is 0. The van der Waals surface area contributed by atoms with Gasteiger partial charge in [0.25, 0.3) is 0 Å². The van der Waals surface area contributed by atoms with Gasteiger partial charge in [-0.05, 0) is 31.2 Å². The SMILES string of the molecule is Cc1cccc([C@@H](O)C2CCCCC2)c1. The predicted molar refractivity (Wildman–Crippen MR) is 62.7 cm³/mol. The lowest BCUT2D eigenvalue weighted by atomic mass is 9.82. The number of aryl methyl sites for hydroxylation is 1. The van der Waals surface area contributed by atoms with Gasteiger partial charge in [-0.1, -0.05) is 49.1 Å². The number of benzene rings is 1. The van der Waals surface area contributed by atoms with Gasteiger partial charge >= 0.3 is 0 Å². The highest BCUT2D eigenvalue weighted by Gasteiger charge is 2.22. The second kappa shape index (κ2) is 4.80. The molecule has 0 amide bonds. The van der Waals surface area contributed by atoms with Crippen LogP contribution in [0.5, 0.6) is 0 Å². The molecule has 1 heteroatoms. The zero-order valence-electron chi connectivity index (χ0n) is 9.45. The van der Waals surface area contributed by atoms with Gasteiger partial charge in [0.2, 0.25) is 0 Å². The number of aliphatic hydroxyl groups is 1. The predicted octanol–water partition coefficient (Wildman–Crippen LogP) is 3.61. The summed E-state index contributed by atoms with van der Waals surface area (Å²) in [7, 11) is 0. The molecule has 1 aliphatic rings. The van der Waals surface area contributed by atoms with Crippen molar-refractivity contribution in [1.29, 1.82) is 0 Å². The Bertz CT molecular complexity index is 313. The highest BCUT2D eigenvalue weighted by atomic mass is 16.3. The van der Waals surface area contributed by atoms with E-state index in [1.54, 1.807) is 0 Å². The van der Waals surface area contributed by atoms with Crippen LogP contribution in [0.25, 0.3) is 0 Å². The zero-order valence-corrected chi connectivity index (χ0v) is 9.45. The lowest BCUT2D eigenvalue weighted by Crippen LogP contribution is -2.15. The Kier molecular flexibility index (Phi) is 3.42. The Morgan fingerprint density at radius 1 is 1.20 bits per heavy atom. The van der Waals surface area contributed by atoms with Crippen molar-refractivity contribution in [2.45, 2.75) is 45.1 Å². The third kappa shape index (κ3) is 2.60. The van der Waals surface area contributed by atoms with Gasteiger partial charge in [0.05, 0.1) is 6.10 Å². The average molecular weight is 204 g/mol. The average Bonchev–Trinajstić information content (AvgIpc) is 2.29. The van der Waals surface area contributed by atoms with Crippen LogP contribution < -0.4 is 0 Å². The topological polar surface area (TPSA) is 20.2 Å². The normalized spacial score (nSPS) is 20.1. The molecule has 15 heavy (non-hydrogen) atoms. The van der Waals surface area contributed by atoms with Gasteiger partial charge in [-0.25, -0.2) is 0 Å². The fraction of sp³-hybridized carbons (Fsp3) is 0.571. The lowest BCUT2D eigenvalue weighted by molar-refractivity contribution is 0.0848. The Morgan fingerprint density at radius 3 is 2.60 bits per heavy atom. The Morgan fingerprint density at radius 2 is 1.93 bits per heavy atom. The smallest absolute Gasteiger partial charge is 0.0818 e. The summed E-state index contributed by atoms with van der Waals surface area (Å²) in [5, 5.41) is 10.3. The maximum Gasteiger partial charge on any atom is 0.0818 e. The van der Waals surface area contributed by atoms with Crippen LogP contribution >= 0.6 is 0 Å². The monoisotopic (exact) mass is 204 g/mol. The van der Waals surface area contributed by atoms with Gasteiger partial charge in [0.15, 0.2) is 0 Å². The van der Waals surface area contributed by atoms with Crippen LogP contribution in [0.1, 0.15) is 49.3 Å². The maximum absolute atomic E-state index is 10.3. The first kappa shape index (κ1) is 10.7. The van der Waals surface area contributed by atoms with Gasteiger partial charge in [-0.15, -0.1) is 0 Å². The number of hydrogen-bond donors (Lipinski definition) is 1. The largest absolute Gasteiger partial charge is 0.388 e. The molecule has 0 heterocycles. The van der Waals surface area contributed by atoms with Gasteiger partial charge in [-0.3, -0.25) is 0 Å². The molecule has 82 valence electrons. The highest BCUT2D eigenvalue weighted by molar-refractivity contribution is 5.24. The standard InChI is InChI=1S/C14H20O/c1-11-6-5-9-13(10-11)14(15)12-7-3-2-4-8-12/h5-6,9-10,12,14-15H,2-4,7-8H2,1H3/t14-/m0/s1. The minimum atomic E-state index is -0.245. The summed E-state index contributed by atoms with van der Waals surface area (Å²) < 4.78 is 0. The van der Waals surface area contributed by atoms with E-state index in [4.69, 9.17) is 0 Å². The van der Waals surface area contributed by atoms with E-state index < -0.39 is 0 Å². The van der Waals surface area contributed by atoms with E-state index in [-0.39, 0.29) is 6.10 Å². The fourth-order valence-electron chi connectivity index (χ4n) is 2.58. The van der Waals surface area contributed by atoms with Crippen molar-refractivity contribution in [3.8, 4) is 0 Å². The van der Waals surface area contributed by atoms with Crippen LogP contribution in [0.3, 0.4) is 0 Å². The third-order valence-corrected chi connectivity index (χ3v) is 3.48. The summed E-state index contributed by atoms with van der Waals surface area (Å²) in [5.41, 5.74) is 2.34. The molecule has 0 radical (unpaired) electrons. The number of aliphatic hydroxyl groups excluding tert-OH is 1. The molecule has 1 aliphatic carbocycles. The van der Waals surface area contributed by atoms with Gasteiger partial charge < -0.3 is 5.11 Å². The molecule has 1 fully saturated rings. The molecule has 1 aromatic rings. The molecule has 1 aromatic carbocycles. The summed E-state index contributed by atoms with van der Waals surface area (Å²) in [6.07, 6.45) is 6.05. The van der Waals surface area contributed by atoms with Crippen molar-refractivity contribution in [2.24, 2.45) is 5.92 Å². The maximum atomic E-state index is 10.3. The van der Waals surface area contributed by atoms with E-state index in [2.05, 4.69) is 19.1 Å². The van der Waals surface area contributed by atoms with Crippen molar-refractivity contribution >= 4 is 0 Å². The molecule has 0 aliphatic heterocycles. The molecule has 1 saturated carbocycles. The van der Waals surface area contributed by atoms with E-state index in [0.717, 1.165) is 5.56 Å². The van der Waals surface area contributed by atoms with E-state index >= 15 is 0 Å². The minimum absolute atomic E-state index is 0.245. The van der Waals surface area contributed by atoms with Gasteiger partial charge in [0, 0.05) is 0 Å². The molecule has 0 spiro atoms. The van der Waals surface area contributed by atoms with Crippen LogP contribution in [0.2, 0.25) is 0 Å². The summed E-state index contributed by atoms with van der Waals surface area (Å²) in [6.45, 7) is 2.08. The van der Waals surface area contributed by atoms with E-state index in [9.17, 15) is 5.11 Å². The van der Waals surface area contributed by atoms with E-state index in [0.29, 0.717) is 5.92 Å². The minimum Gasteiger partial charge on any atom is -0.388 e. The Hall–Kier alpha value is -0.820. The van der Waals surface area contributed by atoms with Crippen LogP contribution in [0, 0.1) is 12.8 Å². The van der Waals surface area contributed by atoms with Gasteiger partial charge in [-0.2, -0.15) is 0 Å². The Balaban J connectivity index is 2.08. The molecular formula is C14H20O. The van der Waals surface area contributed by atoms with Crippen molar-refractivity contribution in [3.63, 3.8) is 0 Å². The van der Waals surface area contributed by atoms with Crippen LogP contribution in [0.15, 0.2) is 24.3 Å². The van der Waals surface area contributed by atoms with Crippen LogP contribution in [-0.2, 0) is 0 Å². The molecule has 1 atom stereocenters. The lowest BCUT2D eigenvalue weighted by Gasteiger charge is -2.26. The summed E-state index contributed by atoms with van der Waals surface area (Å²) in [5.74, 6) is 0.487. The molecule has 0 saturated heterocycles. The third-order valence-electron chi connectivity index (χ3n) is 3.48. The molecule has 2 rings (SSSR count). The quantitative estimate of drug-likeness (QED) is 0.780. The highest BCUT2D eigenvalue weighted by Crippen LogP contribution is 2.34. The van der Waals surface area contributed by atoms with Crippen molar-refractivity contribution < 1.29 is 5.11 Å². The summed E-state index contributed by atoms with van der Waals surface area (Å²) in [4.78, 5) is 0. The van der Waals surface area contributed by atoms with Crippen LogP contribution in [-0.4, -0.2) is 5.11 Å². The molecule has 0 bridgehead atoms. The molecule has 0 unspecified atom stereocenters. The molecule has 0 aromatic heterocycles. The first-order chi connectivity index (χ1) is 7.27. The molecule has 1 nitrogen and oxygen atoms in total. The van der Waals surface area contributed by atoms with E-state index in [1.807, 2.05) is 12.1 Å². The van der Waals surface area contributed by atoms with Crippen LogP contribution in [0.4, 0.5) is 0 Å². The Labute approximate surface area is 92.1 Å². The molecular weight excluding hydrogens is 184 g/mol. The van der Waals surface area contributed by atoms with Crippen molar-refractivity contribution in [3.05, 3.63) is 35.4 Å².